The van der Waals surface area contributed by atoms with Crippen LogP contribution in [0.4, 0.5) is 5.69 Å². The number of pyridine rings is 1. The van der Waals surface area contributed by atoms with E-state index in [1.807, 2.05) is 45.3 Å². The molecule has 3 aromatic heterocycles. The number of hydrogen-bond acceptors (Lipinski definition) is 6. The summed E-state index contributed by atoms with van der Waals surface area (Å²) >= 11 is 0. The van der Waals surface area contributed by atoms with Gasteiger partial charge in [-0.2, -0.15) is 10.4 Å². The van der Waals surface area contributed by atoms with Gasteiger partial charge in [0.25, 0.3) is 0 Å². The Morgan fingerprint density at radius 1 is 1.31 bits per heavy atom. The molecular formula is C27H26N8O. The number of allylic oxidation sites excluding steroid dienone is 1. The van der Waals surface area contributed by atoms with Gasteiger partial charge in [0.05, 0.1) is 11.9 Å². The maximum Gasteiger partial charge on any atom is 0.247 e. The minimum absolute atomic E-state index is 0.219. The zero-order chi connectivity index (χ0) is 26.0. The molecule has 180 valence electrons. The van der Waals surface area contributed by atoms with Gasteiger partial charge in [0, 0.05) is 66.0 Å². The average molecular weight is 479 g/mol. The van der Waals surface area contributed by atoms with Crippen molar-refractivity contribution in [2.45, 2.75) is 13.8 Å². The Kier molecular flexibility index (Phi) is 6.52. The lowest BCUT2D eigenvalue weighted by Crippen LogP contribution is -2.08. The molecule has 4 aromatic rings. The molecule has 0 aliphatic heterocycles. The lowest BCUT2D eigenvalue weighted by molar-refractivity contribution is -0.111. The first kappa shape index (κ1) is 24.2. The molecule has 0 saturated heterocycles. The second-order valence-corrected chi connectivity index (χ2v) is 8.29. The Morgan fingerprint density at radius 3 is 2.69 bits per heavy atom. The van der Waals surface area contributed by atoms with E-state index < -0.39 is 0 Å². The van der Waals surface area contributed by atoms with Crippen molar-refractivity contribution in [3.63, 3.8) is 0 Å². The highest BCUT2D eigenvalue weighted by molar-refractivity contribution is 6.32. The van der Waals surface area contributed by atoms with Gasteiger partial charge in [-0.25, -0.2) is 4.98 Å². The van der Waals surface area contributed by atoms with E-state index in [2.05, 4.69) is 38.0 Å². The number of carbonyl (C=O) groups excluding carboxylic acids is 1. The summed E-state index contributed by atoms with van der Waals surface area (Å²) in [4.78, 5) is 24.3. The predicted molar refractivity (Wildman–Crippen MR) is 143 cm³/mol. The van der Waals surface area contributed by atoms with Crippen molar-refractivity contribution in [1.29, 1.82) is 5.26 Å². The number of fused-ring (bicyclic) bond motifs is 1. The van der Waals surface area contributed by atoms with Crippen LogP contribution in [0.3, 0.4) is 0 Å². The Morgan fingerprint density at radius 2 is 2.08 bits per heavy atom. The largest absolute Gasteiger partial charge is 0.404 e. The van der Waals surface area contributed by atoms with Crippen molar-refractivity contribution in [2.24, 2.45) is 17.8 Å². The third-order valence-corrected chi connectivity index (χ3v) is 6.09. The summed E-state index contributed by atoms with van der Waals surface area (Å²) in [6.07, 6.45) is 8.01. The van der Waals surface area contributed by atoms with E-state index >= 15 is 0 Å². The number of benzene rings is 1. The van der Waals surface area contributed by atoms with Crippen molar-refractivity contribution in [1.82, 2.24) is 19.7 Å². The van der Waals surface area contributed by atoms with Gasteiger partial charge in [0.15, 0.2) is 0 Å². The van der Waals surface area contributed by atoms with Gasteiger partial charge >= 0.3 is 0 Å². The lowest BCUT2D eigenvalue weighted by atomic mass is 9.92. The van der Waals surface area contributed by atoms with Crippen LogP contribution < -0.4 is 11.1 Å². The molecule has 0 spiro atoms. The molecular weight excluding hydrogens is 452 g/mol. The molecule has 0 unspecified atom stereocenters. The Hall–Kier alpha value is -4.97. The molecule has 9 heteroatoms. The molecule has 0 aliphatic carbocycles. The van der Waals surface area contributed by atoms with Crippen molar-refractivity contribution in [3.05, 3.63) is 72.3 Å². The number of rotatable bonds is 6. The smallest absolute Gasteiger partial charge is 0.247 e. The maximum atomic E-state index is 12.1. The van der Waals surface area contributed by atoms with Crippen molar-refractivity contribution in [2.75, 3.05) is 12.4 Å². The van der Waals surface area contributed by atoms with Crippen LogP contribution in [0.2, 0.25) is 0 Å². The number of aromatic amines is 1. The van der Waals surface area contributed by atoms with E-state index in [-0.39, 0.29) is 11.6 Å². The highest BCUT2D eigenvalue weighted by Gasteiger charge is 2.22. The number of H-pyrrole nitrogens is 1. The molecule has 1 aromatic carbocycles. The van der Waals surface area contributed by atoms with Crippen molar-refractivity contribution >= 4 is 33.9 Å². The van der Waals surface area contributed by atoms with E-state index in [9.17, 15) is 10.1 Å². The van der Waals surface area contributed by atoms with E-state index in [0.29, 0.717) is 22.5 Å². The van der Waals surface area contributed by atoms with Gasteiger partial charge in [-0.15, -0.1) is 0 Å². The van der Waals surface area contributed by atoms with Crippen LogP contribution in [0.5, 0.6) is 0 Å². The van der Waals surface area contributed by atoms with Gasteiger partial charge < -0.3 is 16.0 Å². The van der Waals surface area contributed by atoms with Gasteiger partial charge in [0.1, 0.15) is 17.4 Å². The summed E-state index contributed by atoms with van der Waals surface area (Å²) in [5.41, 5.74) is 14.0. The number of aromatic nitrogens is 4. The number of nitrogens with one attached hydrogen (secondary N) is 2. The standard InChI is InChI=1S/C27H26N8O/c1-6-23(36)33-21-9-17(8-7-15(21)2)25-24-16(3)20(19(10-28)22(11-29)30-4)13-31-27(24)34-26(25)18-12-32-35(5)14-18/h6-10,12-14H,1,28H2,2-5H3,(H,31,34)(H,33,36)/b19-10-,30-22?. The molecule has 0 bridgehead atoms. The zero-order valence-electron chi connectivity index (χ0n) is 20.5. The SMILES string of the molecule is C=CC(=O)Nc1cc(-c2c(-c3cnn(C)c3)[nH]c3ncc(/C(=C/N)C(C#N)=NC)c(C)c23)ccc1C. The average Bonchev–Trinajstić information content (AvgIpc) is 3.48. The summed E-state index contributed by atoms with van der Waals surface area (Å²) in [6, 6.07) is 7.99. The summed E-state index contributed by atoms with van der Waals surface area (Å²) in [5.74, 6) is -0.289. The van der Waals surface area contributed by atoms with Crippen LogP contribution in [-0.2, 0) is 11.8 Å². The summed E-state index contributed by atoms with van der Waals surface area (Å²) in [7, 11) is 3.41. The van der Waals surface area contributed by atoms with Gasteiger partial charge in [-0.05, 0) is 42.7 Å². The number of carbonyl (C=O) groups is 1. The highest BCUT2D eigenvalue weighted by atomic mass is 16.1. The molecule has 1 amide bonds. The minimum Gasteiger partial charge on any atom is -0.404 e. The molecule has 9 nitrogen and oxygen atoms in total. The summed E-state index contributed by atoms with van der Waals surface area (Å²) in [6.45, 7) is 7.44. The van der Waals surface area contributed by atoms with E-state index in [1.165, 1.54) is 12.3 Å². The topological polar surface area (TPSA) is 138 Å². The number of aryl methyl sites for hydroxylation is 3. The van der Waals surface area contributed by atoms with Crippen LogP contribution in [0, 0.1) is 25.2 Å². The van der Waals surface area contributed by atoms with E-state index in [0.717, 1.165) is 38.9 Å². The Balaban J connectivity index is 2.06. The fourth-order valence-electron chi connectivity index (χ4n) is 4.26. The van der Waals surface area contributed by atoms with Crippen LogP contribution in [-0.4, -0.2) is 38.4 Å². The molecule has 3 heterocycles. The molecule has 0 aliphatic rings. The molecule has 0 saturated carbocycles. The summed E-state index contributed by atoms with van der Waals surface area (Å²) in [5, 5.41) is 17.7. The van der Waals surface area contributed by atoms with Gasteiger partial charge in [-0.1, -0.05) is 18.7 Å². The molecule has 0 radical (unpaired) electrons. The molecule has 36 heavy (non-hydrogen) atoms. The summed E-state index contributed by atoms with van der Waals surface area (Å²) < 4.78 is 1.73. The van der Waals surface area contributed by atoms with Crippen molar-refractivity contribution < 1.29 is 4.79 Å². The number of aliphatic imine (C=N–C) groups is 1. The Bertz CT molecular complexity index is 1610. The molecule has 4 N–H and O–H groups in total. The number of hydrogen-bond donors (Lipinski definition) is 3. The number of nitriles is 1. The van der Waals surface area contributed by atoms with Crippen LogP contribution in [0.15, 0.2) is 60.6 Å². The Labute approximate surface area is 208 Å². The number of nitrogens with two attached hydrogens (primary N) is 1. The second-order valence-electron chi connectivity index (χ2n) is 8.29. The lowest BCUT2D eigenvalue weighted by Gasteiger charge is -2.13. The first-order valence-electron chi connectivity index (χ1n) is 11.2. The van der Waals surface area contributed by atoms with Crippen LogP contribution >= 0.6 is 0 Å². The first-order valence-corrected chi connectivity index (χ1v) is 11.2. The zero-order valence-corrected chi connectivity index (χ0v) is 20.5. The van der Waals surface area contributed by atoms with Crippen LogP contribution in [0.1, 0.15) is 16.7 Å². The fraction of sp³-hybridized carbons (Fsp3) is 0.148. The van der Waals surface area contributed by atoms with Gasteiger partial charge in [0.2, 0.25) is 5.91 Å². The third-order valence-electron chi connectivity index (χ3n) is 6.09. The number of amides is 1. The normalized spacial score (nSPS) is 12.0. The number of anilines is 1. The number of nitrogens with zero attached hydrogens (tertiary/aromatic N) is 5. The first-order chi connectivity index (χ1) is 17.3. The second kappa shape index (κ2) is 9.72. The van der Waals surface area contributed by atoms with Crippen LogP contribution in [0.25, 0.3) is 39.0 Å². The highest BCUT2D eigenvalue weighted by Crippen LogP contribution is 2.41. The van der Waals surface area contributed by atoms with E-state index in [4.69, 9.17) is 5.73 Å². The van der Waals surface area contributed by atoms with E-state index in [1.54, 1.807) is 24.1 Å². The van der Waals surface area contributed by atoms with Gasteiger partial charge in [-0.3, -0.25) is 14.5 Å². The quantitative estimate of drug-likeness (QED) is 0.281. The van der Waals surface area contributed by atoms with Crippen molar-refractivity contribution in [3.8, 4) is 28.5 Å². The molecule has 0 atom stereocenters. The minimum atomic E-state index is -0.289. The molecule has 0 fully saturated rings. The third kappa shape index (κ3) is 4.16. The monoisotopic (exact) mass is 478 g/mol. The maximum absolute atomic E-state index is 12.1. The fourth-order valence-corrected chi connectivity index (χ4v) is 4.26. The molecule has 4 rings (SSSR count). The predicted octanol–water partition coefficient (Wildman–Crippen LogP) is 4.27.